The number of rotatable bonds is 2. The Labute approximate surface area is 116 Å². The fraction of sp³-hybridized carbons (Fsp3) is 0.615. The molecule has 5 nitrogen and oxygen atoms in total. The number of piperidine rings is 1. The van der Waals surface area contributed by atoms with Crippen molar-refractivity contribution in [3.8, 4) is 0 Å². The lowest BCUT2D eigenvalue weighted by Gasteiger charge is -2.43. The lowest BCUT2D eigenvalue weighted by Crippen LogP contribution is -2.57. The predicted octanol–water partition coefficient (Wildman–Crippen LogP) is 1.41. The summed E-state index contributed by atoms with van der Waals surface area (Å²) >= 11 is 5.76. The van der Waals surface area contributed by atoms with Crippen LogP contribution in [0.15, 0.2) is 16.5 Å². The number of carbonyl (C=O) groups excluding carboxylic acids is 1. The van der Waals surface area contributed by atoms with E-state index in [0.717, 1.165) is 38.2 Å². The van der Waals surface area contributed by atoms with Gasteiger partial charge in [-0.25, -0.2) is 0 Å². The molecule has 19 heavy (non-hydrogen) atoms. The predicted molar refractivity (Wildman–Crippen MR) is 69.9 cm³/mol. The summed E-state index contributed by atoms with van der Waals surface area (Å²) in [6.45, 7) is 3.47. The Morgan fingerprint density at radius 1 is 1.37 bits per heavy atom. The molecule has 0 radical (unpaired) electrons. The van der Waals surface area contributed by atoms with E-state index in [0.29, 0.717) is 11.8 Å². The number of hydrogen-bond donors (Lipinski definition) is 1. The Morgan fingerprint density at radius 3 is 2.74 bits per heavy atom. The largest absolute Gasteiger partial charge is 0.448 e. The van der Waals surface area contributed by atoms with Crippen molar-refractivity contribution in [1.82, 2.24) is 10.2 Å². The molecule has 0 unspecified atom stereocenters. The number of likely N-dealkylation sites (tertiary alicyclic amines) is 1. The van der Waals surface area contributed by atoms with Crippen molar-refractivity contribution in [1.29, 1.82) is 0 Å². The monoisotopic (exact) mass is 284 g/mol. The second kappa shape index (κ2) is 5.15. The zero-order chi connectivity index (χ0) is 13.3. The first-order valence-electron chi connectivity index (χ1n) is 6.52. The highest BCUT2D eigenvalue weighted by Gasteiger charge is 2.38. The molecule has 2 aliphatic rings. The van der Waals surface area contributed by atoms with Gasteiger partial charge in [-0.3, -0.25) is 9.69 Å². The standard InChI is InChI=1S/C13H17ClN2O3/c14-11-2-1-10(19-11)7-16-5-3-13(4-6-16)9-15-12(17)8-18-13/h1-2H,3-9H2,(H,15,17). The summed E-state index contributed by atoms with van der Waals surface area (Å²) in [7, 11) is 0. The van der Waals surface area contributed by atoms with Crippen LogP contribution in [0.5, 0.6) is 0 Å². The number of nitrogens with one attached hydrogen (secondary N) is 1. The van der Waals surface area contributed by atoms with E-state index < -0.39 is 0 Å². The van der Waals surface area contributed by atoms with E-state index in [1.54, 1.807) is 6.07 Å². The molecule has 2 aliphatic heterocycles. The summed E-state index contributed by atoms with van der Waals surface area (Å²) in [6.07, 6.45) is 1.86. The van der Waals surface area contributed by atoms with E-state index in [4.69, 9.17) is 20.8 Å². The number of furan rings is 1. The topological polar surface area (TPSA) is 54.7 Å². The van der Waals surface area contributed by atoms with Gasteiger partial charge in [-0.05, 0) is 36.6 Å². The maximum absolute atomic E-state index is 11.1. The van der Waals surface area contributed by atoms with Crippen LogP contribution in [0.1, 0.15) is 18.6 Å². The molecule has 1 aromatic rings. The maximum Gasteiger partial charge on any atom is 0.246 e. The Hall–Kier alpha value is -1.04. The third-order valence-electron chi connectivity index (χ3n) is 3.89. The summed E-state index contributed by atoms with van der Waals surface area (Å²) < 4.78 is 11.1. The molecule has 2 fully saturated rings. The highest BCUT2D eigenvalue weighted by atomic mass is 35.5. The van der Waals surface area contributed by atoms with E-state index in [2.05, 4.69) is 10.2 Å². The van der Waals surface area contributed by atoms with Gasteiger partial charge >= 0.3 is 0 Å². The number of hydrogen-bond acceptors (Lipinski definition) is 4. The lowest BCUT2D eigenvalue weighted by molar-refractivity contribution is -0.150. The Kier molecular flexibility index (Phi) is 3.52. The van der Waals surface area contributed by atoms with Crippen molar-refractivity contribution in [2.45, 2.75) is 25.0 Å². The quantitative estimate of drug-likeness (QED) is 0.892. The van der Waals surface area contributed by atoms with Crippen molar-refractivity contribution < 1.29 is 13.9 Å². The van der Waals surface area contributed by atoms with E-state index in [1.807, 2.05) is 6.07 Å². The van der Waals surface area contributed by atoms with Gasteiger partial charge in [0.15, 0.2) is 5.22 Å². The van der Waals surface area contributed by atoms with Crippen LogP contribution in [0.4, 0.5) is 0 Å². The minimum Gasteiger partial charge on any atom is -0.448 e. The minimum absolute atomic E-state index is 0.0155. The maximum atomic E-state index is 11.1. The van der Waals surface area contributed by atoms with Crippen LogP contribution >= 0.6 is 11.6 Å². The molecule has 6 heteroatoms. The zero-order valence-electron chi connectivity index (χ0n) is 10.7. The third-order valence-corrected chi connectivity index (χ3v) is 4.10. The Morgan fingerprint density at radius 2 is 2.16 bits per heavy atom. The van der Waals surface area contributed by atoms with Crippen molar-refractivity contribution in [3.63, 3.8) is 0 Å². The number of morpholine rings is 1. The van der Waals surface area contributed by atoms with Crippen LogP contribution in [0, 0.1) is 0 Å². The van der Waals surface area contributed by atoms with Crippen molar-refractivity contribution in [3.05, 3.63) is 23.1 Å². The van der Waals surface area contributed by atoms with Crippen LogP contribution < -0.4 is 5.32 Å². The summed E-state index contributed by atoms with van der Waals surface area (Å²) in [6, 6.07) is 3.67. The molecule has 104 valence electrons. The molecule has 3 rings (SSSR count). The zero-order valence-corrected chi connectivity index (χ0v) is 11.4. The molecule has 0 aliphatic carbocycles. The summed E-state index contributed by atoms with van der Waals surface area (Å²) in [5, 5.41) is 3.32. The third kappa shape index (κ3) is 2.94. The SMILES string of the molecule is O=C1COC2(CCN(Cc3ccc(Cl)o3)CC2)CN1. The van der Waals surface area contributed by atoms with Crippen LogP contribution in [-0.4, -0.2) is 42.6 Å². The molecule has 1 spiro atoms. The molecular weight excluding hydrogens is 268 g/mol. The second-order valence-electron chi connectivity index (χ2n) is 5.23. The van der Waals surface area contributed by atoms with Crippen LogP contribution in [0.2, 0.25) is 5.22 Å². The first-order valence-corrected chi connectivity index (χ1v) is 6.90. The highest BCUT2D eigenvalue weighted by molar-refractivity contribution is 6.28. The number of nitrogens with zero attached hydrogens (tertiary/aromatic N) is 1. The first-order chi connectivity index (χ1) is 9.15. The average molecular weight is 285 g/mol. The molecule has 1 N–H and O–H groups in total. The number of ether oxygens (including phenoxy) is 1. The normalized spacial score (nSPS) is 23.5. The second-order valence-corrected chi connectivity index (χ2v) is 5.60. The molecule has 2 saturated heterocycles. The molecule has 0 atom stereocenters. The van der Waals surface area contributed by atoms with Gasteiger partial charge in [-0.2, -0.15) is 0 Å². The van der Waals surface area contributed by atoms with Crippen molar-refractivity contribution in [2.75, 3.05) is 26.2 Å². The van der Waals surface area contributed by atoms with E-state index in [1.165, 1.54) is 0 Å². The minimum atomic E-state index is -0.161. The van der Waals surface area contributed by atoms with Crippen LogP contribution in [-0.2, 0) is 16.1 Å². The molecule has 1 aromatic heterocycles. The van der Waals surface area contributed by atoms with Gasteiger partial charge in [0, 0.05) is 19.6 Å². The summed E-state index contributed by atoms with van der Waals surface area (Å²) in [5.41, 5.74) is -0.161. The fourth-order valence-electron chi connectivity index (χ4n) is 2.68. The van der Waals surface area contributed by atoms with Gasteiger partial charge in [-0.15, -0.1) is 0 Å². The molecule has 3 heterocycles. The smallest absolute Gasteiger partial charge is 0.246 e. The molecule has 0 aromatic carbocycles. The molecule has 0 saturated carbocycles. The van der Waals surface area contributed by atoms with E-state index >= 15 is 0 Å². The summed E-state index contributed by atoms with van der Waals surface area (Å²) in [5.74, 6) is 0.872. The average Bonchev–Trinajstić information content (AvgIpc) is 2.82. The van der Waals surface area contributed by atoms with E-state index in [9.17, 15) is 4.79 Å². The fourth-order valence-corrected chi connectivity index (χ4v) is 2.84. The first kappa shape index (κ1) is 13.0. The molecule has 0 bridgehead atoms. The van der Waals surface area contributed by atoms with Crippen molar-refractivity contribution >= 4 is 17.5 Å². The number of carbonyl (C=O) groups is 1. The Balaban J connectivity index is 1.53. The summed E-state index contributed by atoms with van der Waals surface area (Å²) in [4.78, 5) is 13.4. The van der Waals surface area contributed by atoms with Crippen molar-refractivity contribution in [2.24, 2.45) is 0 Å². The van der Waals surface area contributed by atoms with Gasteiger partial charge < -0.3 is 14.5 Å². The van der Waals surface area contributed by atoms with Gasteiger partial charge in [0.05, 0.1) is 12.1 Å². The van der Waals surface area contributed by atoms with Gasteiger partial charge in [0.2, 0.25) is 5.91 Å². The van der Waals surface area contributed by atoms with Gasteiger partial charge in [-0.1, -0.05) is 0 Å². The number of amides is 1. The van der Waals surface area contributed by atoms with Crippen LogP contribution in [0.25, 0.3) is 0 Å². The van der Waals surface area contributed by atoms with Gasteiger partial charge in [0.1, 0.15) is 12.4 Å². The molecular formula is C13H17ClN2O3. The van der Waals surface area contributed by atoms with E-state index in [-0.39, 0.29) is 18.1 Å². The lowest BCUT2D eigenvalue weighted by atomic mass is 9.90. The number of halogens is 1. The highest BCUT2D eigenvalue weighted by Crippen LogP contribution is 2.28. The Bertz CT molecular complexity index is 454. The molecule has 1 amide bonds. The van der Waals surface area contributed by atoms with Crippen LogP contribution in [0.3, 0.4) is 0 Å². The van der Waals surface area contributed by atoms with Gasteiger partial charge in [0.25, 0.3) is 0 Å².